The Morgan fingerprint density at radius 3 is 2.89 bits per heavy atom. The third kappa shape index (κ3) is 2.71. The second-order valence-electron chi connectivity index (χ2n) is 4.49. The molecule has 94 valence electrons. The summed E-state index contributed by atoms with van der Waals surface area (Å²) in [6, 6.07) is 7.21. The van der Waals surface area contributed by atoms with Gasteiger partial charge in [0, 0.05) is 10.5 Å². The van der Waals surface area contributed by atoms with Crippen LogP contribution >= 0.6 is 15.9 Å². The van der Waals surface area contributed by atoms with Gasteiger partial charge in [0.25, 0.3) is 0 Å². The van der Waals surface area contributed by atoms with Crippen LogP contribution in [0.2, 0.25) is 0 Å². The molecule has 1 fully saturated rings. The van der Waals surface area contributed by atoms with Gasteiger partial charge in [-0.2, -0.15) is 5.26 Å². The number of benzene rings is 1. The maximum Gasteiger partial charge on any atom is 0.229 e. The smallest absolute Gasteiger partial charge is 0.229 e. The summed E-state index contributed by atoms with van der Waals surface area (Å²) < 4.78 is 0.814. The Labute approximate surface area is 114 Å². The summed E-state index contributed by atoms with van der Waals surface area (Å²) in [4.78, 5) is 12.1. The van der Waals surface area contributed by atoms with Crippen molar-refractivity contribution in [2.45, 2.75) is 25.3 Å². The number of nitrogens with zero attached hydrogens (tertiary/aromatic N) is 1. The van der Waals surface area contributed by atoms with E-state index in [9.17, 15) is 4.79 Å². The molecule has 1 amide bonds. The number of carbonyl (C=O) groups excluding carboxylic acids is 1. The van der Waals surface area contributed by atoms with Gasteiger partial charge in [0.05, 0.1) is 17.2 Å². The Morgan fingerprint density at radius 2 is 2.28 bits per heavy atom. The third-order valence-electron chi connectivity index (χ3n) is 3.27. The second kappa shape index (κ2) is 5.51. The standard InChI is InChI=1S/C13H14BrN3O/c14-9-4-5-12(8(6-9)7-15)17-13(18)10-2-1-3-11(10)16/h4-6,10-11H,1-3,16H2,(H,17,18). The highest BCUT2D eigenvalue weighted by Gasteiger charge is 2.30. The van der Waals surface area contributed by atoms with Crippen LogP contribution < -0.4 is 11.1 Å². The first-order valence-electron chi connectivity index (χ1n) is 5.88. The van der Waals surface area contributed by atoms with E-state index in [-0.39, 0.29) is 17.9 Å². The Morgan fingerprint density at radius 1 is 1.50 bits per heavy atom. The van der Waals surface area contributed by atoms with Gasteiger partial charge in [-0.1, -0.05) is 22.4 Å². The van der Waals surface area contributed by atoms with E-state index in [2.05, 4.69) is 27.3 Å². The lowest BCUT2D eigenvalue weighted by Crippen LogP contribution is -2.34. The molecule has 3 N–H and O–H groups in total. The van der Waals surface area contributed by atoms with Crippen LogP contribution in [0.3, 0.4) is 0 Å². The molecule has 1 aromatic rings. The lowest BCUT2D eigenvalue weighted by Gasteiger charge is -2.15. The first-order valence-corrected chi connectivity index (χ1v) is 6.67. The van der Waals surface area contributed by atoms with Crippen LogP contribution in [0, 0.1) is 17.2 Å². The fourth-order valence-corrected chi connectivity index (χ4v) is 2.62. The van der Waals surface area contributed by atoms with Crippen molar-refractivity contribution >= 4 is 27.5 Å². The minimum Gasteiger partial charge on any atom is -0.327 e. The van der Waals surface area contributed by atoms with E-state index in [0.29, 0.717) is 11.3 Å². The summed E-state index contributed by atoms with van der Waals surface area (Å²) in [5.74, 6) is -0.223. The van der Waals surface area contributed by atoms with Gasteiger partial charge in [-0.15, -0.1) is 0 Å². The van der Waals surface area contributed by atoms with Crippen LogP contribution in [0.4, 0.5) is 5.69 Å². The van der Waals surface area contributed by atoms with Gasteiger partial charge in [0.2, 0.25) is 5.91 Å². The maximum atomic E-state index is 12.1. The van der Waals surface area contributed by atoms with Crippen LogP contribution in [0.15, 0.2) is 22.7 Å². The number of anilines is 1. The quantitative estimate of drug-likeness (QED) is 0.880. The van der Waals surface area contributed by atoms with Gasteiger partial charge in [-0.25, -0.2) is 0 Å². The first-order chi connectivity index (χ1) is 8.61. The topological polar surface area (TPSA) is 78.9 Å². The molecule has 2 atom stereocenters. The number of nitrogens with two attached hydrogens (primary N) is 1. The number of amides is 1. The highest BCUT2D eigenvalue weighted by atomic mass is 79.9. The Hall–Kier alpha value is -1.38. The number of hydrogen-bond donors (Lipinski definition) is 2. The lowest BCUT2D eigenvalue weighted by atomic mass is 10.0. The van der Waals surface area contributed by atoms with Gasteiger partial charge >= 0.3 is 0 Å². The van der Waals surface area contributed by atoms with E-state index in [4.69, 9.17) is 11.0 Å². The molecular weight excluding hydrogens is 294 g/mol. The highest BCUT2D eigenvalue weighted by Crippen LogP contribution is 2.26. The minimum absolute atomic E-state index is 0.0639. The van der Waals surface area contributed by atoms with Gasteiger partial charge in [-0.3, -0.25) is 4.79 Å². The Balaban J connectivity index is 2.14. The van der Waals surface area contributed by atoms with Crippen molar-refractivity contribution in [3.63, 3.8) is 0 Å². The maximum absolute atomic E-state index is 12.1. The zero-order valence-corrected chi connectivity index (χ0v) is 11.4. The number of hydrogen-bond acceptors (Lipinski definition) is 3. The van der Waals surface area contributed by atoms with Crippen LogP contribution in [-0.4, -0.2) is 11.9 Å². The highest BCUT2D eigenvalue weighted by molar-refractivity contribution is 9.10. The first kappa shape index (κ1) is 13.1. The second-order valence-corrected chi connectivity index (χ2v) is 5.41. The molecule has 1 aromatic carbocycles. The van der Waals surface area contributed by atoms with Crippen molar-refractivity contribution in [2.24, 2.45) is 11.7 Å². The summed E-state index contributed by atoms with van der Waals surface area (Å²) in [6.45, 7) is 0. The van der Waals surface area contributed by atoms with Crippen LogP contribution in [-0.2, 0) is 4.79 Å². The largest absolute Gasteiger partial charge is 0.327 e. The average Bonchev–Trinajstić information content (AvgIpc) is 2.77. The number of rotatable bonds is 2. The monoisotopic (exact) mass is 307 g/mol. The van der Waals surface area contributed by atoms with Gasteiger partial charge in [0.1, 0.15) is 6.07 Å². The van der Waals surface area contributed by atoms with E-state index in [1.165, 1.54) is 0 Å². The summed E-state index contributed by atoms with van der Waals surface area (Å²) in [5, 5.41) is 11.8. The summed E-state index contributed by atoms with van der Waals surface area (Å²) >= 11 is 3.30. The molecule has 1 aliphatic rings. The molecule has 0 aliphatic heterocycles. The molecule has 0 heterocycles. The SMILES string of the molecule is N#Cc1cc(Br)ccc1NC(=O)C1CCCC1N. The van der Waals surface area contributed by atoms with Crippen molar-refractivity contribution in [1.29, 1.82) is 5.26 Å². The van der Waals surface area contributed by atoms with E-state index < -0.39 is 0 Å². The van der Waals surface area contributed by atoms with Crippen molar-refractivity contribution in [3.05, 3.63) is 28.2 Å². The average molecular weight is 308 g/mol. The molecule has 5 heteroatoms. The van der Waals surface area contributed by atoms with Gasteiger partial charge < -0.3 is 11.1 Å². The van der Waals surface area contributed by atoms with Gasteiger partial charge in [0.15, 0.2) is 0 Å². The number of nitriles is 1. The van der Waals surface area contributed by atoms with E-state index in [0.717, 1.165) is 23.7 Å². The molecular formula is C13H14BrN3O. The summed E-state index contributed by atoms with van der Waals surface area (Å²) in [7, 11) is 0. The van der Waals surface area contributed by atoms with Crippen molar-refractivity contribution in [3.8, 4) is 6.07 Å². The predicted molar refractivity (Wildman–Crippen MR) is 72.8 cm³/mol. The van der Waals surface area contributed by atoms with Crippen molar-refractivity contribution in [2.75, 3.05) is 5.32 Å². The molecule has 18 heavy (non-hydrogen) atoms. The molecule has 0 aromatic heterocycles. The third-order valence-corrected chi connectivity index (χ3v) is 3.76. The van der Waals surface area contributed by atoms with E-state index in [1.807, 2.05) is 0 Å². The van der Waals surface area contributed by atoms with Crippen molar-refractivity contribution < 1.29 is 4.79 Å². The molecule has 0 saturated heterocycles. The molecule has 2 rings (SSSR count). The minimum atomic E-state index is -0.139. The van der Waals surface area contributed by atoms with Gasteiger partial charge in [-0.05, 0) is 31.0 Å². The van der Waals surface area contributed by atoms with Crippen molar-refractivity contribution in [1.82, 2.24) is 0 Å². The Bertz CT molecular complexity index is 509. The molecule has 0 bridgehead atoms. The molecule has 4 nitrogen and oxygen atoms in total. The molecule has 1 saturated carbocycles. The van der Waals surface area contributed by atoms with E-state index in [1.54, 1.807) is 18.2 Å². The van der Waals surface area contributed by atoms with Crippen LogP contribution in [0.5, 0.6) is 0 Å². The summed E-state index contributed by atoms with van der Waals surface area (Å²) in [5.41, 5.74) is 6.89. The number of halogens is 1. The predicted octanol–water partition coefficient (Wildman–Crippen LogP) is 2.39. The fourth-order valence-electron chi connectivity index (χ4n) is 2.26. The number of nitrogens with one attached hydrogen (secondary N) is 1. The number of carbonyl (C=O) groups is 1. The van der Waals surface area contributed by atoms with Crippen LogP contribution in [0.1, 0.15) is 24.8 Å². The summed E-state index contributed by atoms with van der Waals surface area (Å²) in [6.07, 6.45) is 2.71. The molecule has 1 aliphatic carbocycles. The normalized spacial score (nSPS) is 22.5. The fraction of sp³-hybridized carbons (Fsp3) is 0.385. The zero-order valence-electron chi connectivity index (χ0n) is 9.82. The Kier molecular flexibility index (Phi) is 4.00. The van der Waals surface area contributed by atoms with E-state index >= 15 is 0 Å². The zero-order chi connectivity index (χ0) is 13.1. The van der Waals surface area contributed by atoms with Crippen LogP contribution in [0.25, 0.3) is 0 Å². The molecule has 0 radical (unpaired) electrons. The molecule has 2 unspecified atom stereocenters. The lowest BCUT2D eigenvalue weighted by molar-refractivity contribution is -0.120. The molecule has 0 spiro atoms.